The largest absolute Gasteiger partial charge is 0.377 e. The van der Waals surface area contributed by atoms with Gasteiger partial charge in [0.1, 0.15) is 0 Å². The highest BCUT2D eigenvalue weighted by atomic mass is 16.5. The number of amides is 1. The first-order valence-corrected chi connectivity index (χ1v) is 6.11. The molecule has 1 amide bonds. The standard InChI is InChI=1S/C13H20N2O3/c1-4-7-18-10(2)8-14-13(17)11-5-6-12(16)15(3)9-11/h5-6,9-10H,4,7-8H2,1-3H3,(H,14,17)/t10-/m0/s1. The Morgan fingerprint density at radius 1 is 1.50 bits per heavy atom. The average molecular weight is 252 g/mol. The highest BCUT2D eigenvalue weighted by molar-refractivity contribution is 5.93. The van der Waals surface area contributed by atoms with E-state index < -0.39 is 0 Å². The maximum atomic E-state index is 11.8. The average Bonchev–Trinajstić information content (AvgIpc) is 2.36. The maximum Gasteiger partial charge on any atom is 0.252 e. The van der Waals surface area contributed by atoms with Crippen LogP contribution in [0.3, 0.4) is 0 Å². The second-order valence-electron chi connectivity index (χ2n) is 4.26. The van der Waals surface area contributed by atoms with Crippen molar-refractivity contribution in [2.24, 2.45) is 7.05 Å². The molecule has 0 saturated carbocycles. The molecule has 0 aromatic carbocycles. The monoisotopic (exact) mass is 252 g/mol. The Morgan fingerprint density at radius 3 is 2.83 bits per heavy atom. The number of aromatic nitrogens is 1. The first-order chi connectivity index (χ1) is 8.54. The van der Waals surface area contributed by atoms with Gasteiger partial charge >= 0.3 is 0 Å². The Balaban J connectivity index is 2.50. The molecule has 1 rings (SSSR count). The number of pyridine rings is 1. The van der Waals surface area contributed by atoms with Crippen LogP contribution in [0.25, 0.3) is 0 Å². The Bertz CT molecular complexity index is 454. The topological polar surface area (TPSA) is 60.3 Å². The Morgan fingerprint density at radius 2 is 2.22 bits per heavy atom. The van der Waals surface area contributed by atoms with Gasteiger partial charge in [-0.05, 0) is 19.4 Å². The fourth-order valence-corrected chi connectivity index (χ4v) is 1.44. The fourth-order valence-electron chi connectivity index (χ4n) is 1.44. The molecule has 0 bridgehead atoms. The molecular formula is C13H20N2O3. The quantitative estimate of drug-likeness (QED) is 0.819. The summed E-state index contributed by atoms with van der Waals surface area (Å²) in [5.41, 5.74) is 0.339. The summed E-state index contributed by atoms with van der Waals surface area (Å²) in [6.45, 7) is 5.10. The molecule has 18 heavy (non-hydrogen) atoms. The van der Waals surface area contributed by atoms with Crippen LogP contribution in [0.5, 0.6) is 0 Å². The zero-order valence-corrected chi connectivity index (χ0v) is 11.1. The number of nitrogens with zero attached hydrogens (tertiary/aromatic N) is 1. The molecule has 0 saturated heterocycles. The lowest BCUT2D eigenvalue weighted by Gasteiger charge is -2.13. The Labute approximate surface area is 107 Å². The molecule has 0 aliphatic heterocycles. The molecule has 0 aliphatic rings. The summed E-state index contributed by atoms with van der Waals surface area (Å²) in [6, 6.07) is 2.90. The molecule has 5 heteroatoms. The van der Waals surface area contributed by atoms with Crippen LogP contribution in [-0.4, -0.2) is 29.7 Å². The number of hydrogen-bond donors (Lipinski definition) is 1. The van der Waals surface area contributed by atoms with Crippen molar-refractivity contribution in [3.8, 4) is 0 Å². The highest BCUT2D eigenvalue weighted by Gasteiger charge is 2.08. The van der Waals surface area contributed by atoms with Crippen molar-refractivity contribution in [2.75, 3.05) is 13.2 Å². The van der Waals surface area contributed by atoms with Gasteiger partial charge < -0.3 is 14.6 Å². The van der Waals surface area contributed by atoms with Crippen molar-refractivity contribution in [1.82, 2.24) is 9.88 Å². The second kappa shape index (κ2) is 6.96. The minimum Gasteiger partial charge on any atom is -0.377 e. The minimum absolute atomic E-state index is 0.0126. The van der Waals surface area contributed by atoms with E-state index in [1.807, 2.05) is 13.8 Å². The molecule has 0 spiro atoms. The van der Waals surface area contributed by atoms with Gasteiger partial charge in [0.15, 0.2) is 0 Å². The summed E-state index contributed by atoms with van der Waals surface area (Å²) in [6.07, 6.45) is 2.47. The van der Waals surface area contributed by atoms with Gasteiger partial charge in [0.25, 0.3) is 5.91 Å². The lowest BCUT2D eigenvalue weighted by atomic mass is 10.2. The molecule has 5 nitrogen and oxygen atoms in total. The van der Waals surface area contributed by atoms with E-state index in [1.54, 1.807) is 7.05 Å². The van der Waals surface area contributed by atoms with E-state index >= 15 is 0 Å². The lowest BCUT2D eigenvalue weighted by Crippen LogP contribution is -2.33. The zero-order valence-electron chi connectivity index (χ0n) is 11.1. The van der Waals surface area contributed by atoms with E-state index in [0.717, 1.165) is 6.42 Å². The molecule has 1 atom stereocenters. The predicted molar refractivity (Wildman–Crippen MR) is 69.7 cm³/mol. The summed E-state index contributed by atoms with van der Waals surface area (Å²) >= 11 is 0. The van der Waals surface area contributed by atoms with Crippen molar-refractivity contribution in [3.05, 3.63) is 34.2 Å². The number of hydrogen-bond acceptors (Lipinski definition) is 3. The minimum atomic E-state index is -0.197. The molecule has 1 N–H and O–H groups in total. The summed E-state index contributed by atoms with van der Waals surface area (Å²) in [4.78, 5) is 23.0. The van der Waals surface area contributed by atoms with E-state index in [1.165, 1.54) is 22.9 Å². The smallest absolute Gasteiger partial charge is 0.252 e. The van der Waals surface area contributed by atoms with E-state index in [0.29, 0.717) is 18.7 Å². The third kappa shape index (κ3) is 4.33. The number of aryl methyl sites for hydroxylation is 1. The van der Waals surface area contributed by atoms with Crippen LogP contribution in [-0.2, 0) is 11.8 Å². The lowest BCUT2D eigenvalue weighted by molar-refractivity contribution is 0.0622. The van der Waals surface area contributed by atoms with Crippen molar-refractivity contribution in [3.63, 3.8) is 0 Å². The molecule has 0 radical (unpaired) electrons. The van der Waals surface area contributed by atoms with Gasteiger partial charge in [0.05, 0.1) is 11.7 Å². The summed E-state index contributed by atoms with van der Waals surface area (Å²) in [5, 5.41) is 2.77. The van der Waals surface area contributed by atoms with Gasteiger partial charge in [-0.1, -0.05) is 6.92 Å². The van der Waals surface area contributed by atoms with Crippen LogP contribution in [0.2, 0.25) is 0 Å². The van der Waals surface area contributed by atoms with Crippen molar-refractivity contribution in [1.29, 1.82) is 0 Å². The SMILES string of the molecule is CCCO[C@@H](C)CNC(=O)c1ccc(=O)n(C)c1. The third-order valence-electron chi connectivity index (χ3n) is 2.50. The van der Waals surface area contributed by atoms with E-state index in [2.05, 4.69) is 5.32 Å². The first-order valence-electron chi connectivity index (χ1n) is 6.11. The van der Waals surface area contributed by atoms with Gasteiger partial charge in [-0.3, -0.25) is 9.59 Å². The summed E-state index contributed by atoms with van der Waals surface area (Å²) < 4.78 is 6.83. The first kappa shape index (κ1) is 14.4. The van der Waals surface area contributed by atoms with Crippen molar-refractivity contribution >= 4 is 5.91 Å². The normalized spacial score (nSPS) is 12.2. The van der Waals surface area contributed by atoms with Crippen molar-refractivity contribution < 1.29 is 9.53 Å². The molecule has 1 aromatic heterocycles. The molecule has 1 heterocycles. The predicted octanol–water partition coefficient (Wildman–Crippen LogP) is 0.930. The van der Waals surface area contributed by atoms with Gasteiger partial charge in [0, 0.05) is 32.5 Å². The van der Waals surface area contributed by atoms with Gasteiger partial charge in [-0.25, -0.2) is 0 Å². The number of ether oxygens (including phenoxy) is 1. The molecule has 1 aromatic rings. The Kier molecular flexibility index (Phi) is 5.58. The molecular weight excluding hydrogens is 232 g/mol. The fraction of sp³-hybridized carbons (Fsp3) is 0.538. The number of nitrogens with one attached hydrogen (secondary N) is 1. The van der Waals surface area contributed by atoms with Crippen LogP contribution in [0.1, 0.15) is 30.6 Å². The number of carbonyl (C=O) groups is 1. The van der Waals surface area contributed by atoms with Gasteiger partial charge in [-0.15, -0.1) is 0 Å². The molecule has 0 fully saturated rings. The van der Waals surface area contributed by atoms with E-state index in [9.17, 15) is 9.59 Å². The van der Waals surface area contributed by atoms with Crippen LogP contribution < -0.4 is 10.9 Å². The highest BCUT2D eigenvalue weighted by Crippen LogP contribution is 1.96. The van der Waals surface area contributed by atoms with Gasteiger partial charge in [0.2, 0.25) is 5.56 Å². The van der Waals surface area contributed by atoms with E-state index in [4.69, 9.17) is 4.74 Å². The summed E-state index contributed by atoms with van der Waals surface area (Å²) in [5.74, 6) is -0.197. The Hall–Kier alpha value is -1.62. The third-order valence-corrected chi connectivity index (χ3v) is 2.50. The van der Waals surface area contributed by atoms with Crippen LogP contribution in [0.15, 0.2) is 23.1 Å². The van der Waals surface area contributed by atoms with E-state index in [-0.39, 0.29) is 17.6 Å². The number of rotatable bonds is 6. The van der Waals surface area contributed by atoms with Crippen LogP contribution in [0.4, 0.5) is 0 Å². The maximum absolute atomic E-state index is 11.8. The second-order valence-corrected chi connectivity index (χ2v) is 4.26. The molecule has 0 aliphatic carbocycles. The number of carbonyl (C=O) groups excluding carboxylic acids is 1. The zero-order chi connectivity index (χ0) is 13.5. The molecule has 100 valence electrons. The molecule has 0 unspecified atom stereocenters. The van der Waals surface area contributed by atoms with Crippen LogP contribution >= 0.6 is 0 Å². The van der Waals surface area contributed by atoms with Crippen LogP contribution in [0, 0.1) is 0 Å². The summed E-state index contributed by atoms with van der Waals surface area (Å²) in [7, 11) is 1.62. The van der Waals surface area contributed by atoms with Gasteiger partial charge in [-0.2, -0.15) is 0 Å². The van der Waals surface area contributed by atoms with Crippen molar-refractivity contribution in [2.45, 2.75) is 26.4 Å².